The molecule has 0 N–H and O–H groups in total. The van der Waals surface area contributed by atoms with E-state index >= 15 is 0 Å². The van der Waals surface area contributed by atoms with Crippen LogP contribution in [0.15, 0.2) is 42.7 Å². The van der Waals surface area contributed by atoms with E-state index in [9.17, 15) is 0 Å². The van der Waals surface area contributed by atoms with Crippen molar-refractivity contribution in [1.29, 1.82) is 0 Å². The van der Waals surface area contributed by atoms with Crippen LogP contribution < -0.4 is 4.90 Å². The van der Waals surface area contributed by atoms with Gasteiger partial charge in [-0.2, -0.15) is 0 Å². The Morgan fingerprint density at radius 3 is 2.57 bits per heavy atom. The number of para-hydroxylation sites is 1. The highest BCUT2D eigenvalue weighted by molar-refractivity contribution is 5.58. The van der Waals surface area contributed by atoms with Gasteiger partial charge >= 0.3 is 0 Å². The molecule has 4 heteroatoms. The first-order valence-electron chi connectivity index (χ1n) is 8.65. The Balaban J connectivity index is 1.73. The first-order valence-corrected chi connectivity index (χ1v) is 8.65. The second-order valence-electron chi connectivity index (χ2n) is 7.00. The number of benzene rings is 1. The highest BCUT2D eigenvalue weighted by Gasteiger charge is 2.49. The molecule has 2 aliphatic rings. The minimum Gasteiger partial charge on any atom is -0.354 e. The molecular weight excluding hydrogens is 284 g/mol. The van der Waals surface area contributed by atoms with Crippen LogP contribution in [-0.2, 0) is 19.1 Å². The average molecular weight is 306 g/mol. The Morgan fingerprint density at radius 2 is 1.78 bits per heavy atom. The molecule has 4 nitrogen and oxygen atoms in total. The van der Waals surface area contributed by atoms with E-state index in [1.165, 1.54) is 49.2 Å². The third-order valence-corrected chi connectivity index (χ3v) is 5.73. The molecule has 0 amide bonds. The topological polar surface area (TPSA) is 25.5 Å². The number of imidazole rings is 2. The standard InChI is InChI=1S/C19H22N4/c1-21-12-13-22-17-16(20-18(21)22)14-23(15-8-4-2-5-9-15)19(17)10-6-3-7-11-19/h2,4-5,8-9,12-13H,3,6-7,10-11,14H2,1H3. The quantitative estimate of drug-likeness (QED) is 0.682. The van der Waals surface area contributed by atoms with Crippen molar-refractivity contribution in [2.75, 3.05) is 4.90 Å². The monoisotopic (exact) mass is 306 g/mol. The van der Waals surface area contributed by atoms with Crippen LogP contribution in [0.2, 0.25) is 0 Å². The van der Waals surface area contributed by atoms with Crippen LogP contribution >= 0.6 is 0 Å². The summed E-state index contributed by atoms with van der Waals surface area (Å²) in [4.78, 5) is 7.58. The number of fused-ring (bicyclic) bond motifs is 4. The van der Waals surface area contributed by atoms with Crippen LogP contribution in [0.5, 0.6) is 0 Å². The van der Waals surface area contributed by atoms with E-state index < -0.39 is 0 Å². The average Bonchev–Trinajstić information content (AvgIpc) is 3.21. The summed E-state index contributed by atoms with van der Waals surface area (Å²) < 4.78 is 4.46. The number of aryl methyl sites for hydroxylation is 1. The Bertz CT molecular complexity index is 852. The maximum atomic E-state index is 4.96. The van der Waals surface area contributed by atoms with Crippen molar-refractivity contribution in [3.63, 3.8) is 0 Å². The Hall–Kier alpha value is -2.23. The van der Waals surface area contributed by atoms with Crippen molar-refractivity contribution in [3.05, 3.63) is 54.1 Å². The summed E-state index contributed by atoms with van der Waals surface area (Å²) in [7, 11) is 2.08. The SMILES string of the molecule is Cn1ccn2c3c(nc12)CN(c1ccccc1)C31CCCCC1. The van der Waals surface area contributed by atoms with Gasteiger partial charge in [-0.05, 0) is 25.0 Å². The predicted octanol–water partition coefficient (Wildman–Crippen LogP) is 3.85. The van der Waals surface area contributed by atoms with Crippen molar-refractivity contribution in [3.8, 4) is 0 Å². The van der Waals surface area contributed by atoms with Crippen molar-refractivity contribution in [1.82, 2.24) is 14.0 Å². The van der Waals surface area contributed by atoms with E-state index in [2.05, 4.69) is 63.6 Å². The minimum atomic E-state index is 0.121. The molecule has 1 aliphatic heterocycles. The summed E-state index contributed by atoms with van der Waals surface area (Å²) in [6, 6.07) is 10.9. The lowest BCUT2D eigenvalue weighted by atomic mass is 9.79. The fourth-order valence-corrected chi connectivity index (χ4v) is 4.71. The molecule has 0 bridgehead atoms. The van der Waals surface area contributed by atoms with E-state index in [0.717, 1.165) is 12.3 Å². The maximum Gasteiger partial charge on any atom is 0.214 e. The van der Waals surface area contributed by atoms with Crippen LogP contribution in [0.1, 0.15) is 43.5 Å². The van der Waals surface area contributed by atoms with Crippen LogP contribution in [-0.4, -0.2) is 14.0 Å². The van der Waals surface area contributed by atoms with Crippen LogP contribution in [0, 0.1) is 0 Å². The maximum absolute atomic E-state index is 4.96. The smallest absolute Gasteiger partial charge is 0.214 e. The van der Waals surface area contributed by atoms with E-state index in [0.29, 0.717) is 0 Å². The van der Waals surface area contributed by atoms with Crippen molar-refractivity contribution < 1.29 is 0 Å². The molecule has 2 aromatic heterocycles. The molecule has 1 saturated carbocycles. The molecule has 1 aromatic carbocycles. The van der Waals surface area contributed by atoms with Crippen molar-refractivity contribution in [2.24, 2.45) is 7.05 Å². The third kappa shape index (κ3) is 1.69. The van der Waals surface area contributed by atoms with Gasteiger partial charge in [0.05, 0.1) is 23.5 Å². The van der Waals surface area contributed by atoms with Crippen LogP contribution in [0.4, 0.5) is 5.69 Å². The second kappa shape index (κ2) is 4.63. The first kappa shape index (κ1) is 13.2. The van der Waals surface area contributed by atoms with E-state index in [1.807, 2.05) is 0 Å². The molecular formula is C19H22N4. The molecule has 3 aromatic rings. The molecule has 23 heavy (non-hydrogen) atoms. The molecule has 1 aliphatic carbocycles. The van der Waals surface area contributed by atoms with Gasteiger partial charge < -0.3 is 9.47 Å². The highest BCUT2D eigenvalue weighted by Crippen LogP contribution is 2.50. The number of hydrogen-bond acceptors (Lipinski definition) is 2. The second-order valence-corrected chi connectivity index (χ2v) is 7.00. The summed E-state index contributed by atoms with van der Waals surface area (Å²) in [5, 5.41) is 0. The molecule has 1 spiro atoms. The fourth-order valence-electron chi connectivity index (χ4n) is 4.71. The zero-order valence-electron chi connectivity index (χ0n) is 13.6. The first-order chi connectivity index (χ1) is 11.3. The van der Waals surface area contributed by atoms with Crippen molar-refractivity contribution in [2.45, 2.75) is 44.2 Å². The Labute approximate surface area is 136 Å². The van der Waals surface area contributed by atoms with Gasteiger partial charge in [-0.3, -0.25) is 4.40 Å². The Kier molecular flexibility index (Phi) is 2.67. The van der Waals surface area contributed by atoms with Crippen LogP contribution in [0.3, 0.4) is 0 Å². The van der Waals surface area contributed by atoms with Gasteiger partial charge in [-0.15, -0.1) is 0 Å². The highest BCUT2D eigenvalue weighted by atomic mass is 15.3. The summed E-state index contributed by atoms with van der Waals surface area (Å²) in [6.45, 7) is 0.932. The summed E-state index contributed by atoms with van der Waals surface area (Å²) >= 11 is 0. The molecule has 0 radical (unpaired) electrons. The van der Waals surface area contributed by atoms with Gasteiger partial charge in [0, 0.05) is 25.1 Å². The third-order valence-electron chi connectivity index (χ3n) is 5.73. The summed E-state index contributed by atoms with van der Waals surface area (Å²) in [5.41, 5.74) is 4.16. The molecule has 0 atom stereocenters. The predicted molar refractivity (Wildman–Crippen MR) is 91.6 cm³/mol. The lowest BCUT2D eigenvalue weighted by Crippen LogP contribution is -2.43. The lowest BCUT2D eigenvalue weighted by Gasteiger charge is -2.43. The molecule has 0 unspecified atom stereocenters. The molecule has 1 fully saturated rings. The van der Waals surface area contributed by atoms with Gasteiger partial charge in [-0.1, -0.05) is 37.5 Å². The van der Waals surface area contributed by atoms with Gasteiger partial charge in [-0.25, -0.2) is 4.98 Å². The lowest BCUT2D eigenvalue weighted by molar-refractivity contribution is 0.285. The Morgan fingerprint density at radius 1 is 1.00 bits per heavy atom. The molecule has 118 valence electrons. The van der Waals surface area contributed by atoms with E-state index in [4.69, 9.17) is 4.98 Å². The van der Waals surface area contributed by atoms with Gasteiger partial charge in [0.2, 0.25) is 5.78 Å². The van der Waals surface area contributed by atoms with Gasteiger partial charge in [0.1, 0.15) is 0 Å². The zero-order chi connectivity index (χ0) is 15.4. The minimum absolute atomic E-state index is 0.121. The number of rotatable bonds is 1. The number of nitrogens with zero attached hydrogens (tertiary/aromatic N) is 4. The molecule has 5 rings (SSSR count). The molecule has 3 heterocycles. The largest absolute Gasteiger partial charge is 0.354 e. The number of anilines is 1. The van der Waals surface area contributed by atoms with Gasteiger partial charge in [0.15, 0.2) is 0 Å². The number of hydrogen-bond donors (Lipinski definition) is 0. The van der Waals surface area contributed by atoms with Crippen LogP contribution in [0.25, 0.3) is 5.78 Å². The van der Waals surface area contributed by atoms with Crippen molar-refractivity contribution >= 4 is 11.5 Å². The summed E-state index contributed by atoms with van der Waals surface area (Å²) in [5.74, 6) is 1.08. The fraction of sp³-hybridized carbons (Fsp3) is 0.421. The summed E-state index contributed by atoms with van der Waals surface area (Å²) in [6.07, 6.45) is 10.7. The van der Waals surface area contributed by atoms with E-state index in [-0.39, 0.29) is 5.54 Å². The molecule has 0 saturated heterocycles. The van der Waals surface area contributed by atoms with Gasteiger partial charge in [0.25, 0.3) is 0 Å². The van der Waals surface area contributed by atoms with E-state index in [1.54, 1.807) is 0 Å². The normalized spacial score (nSPS) is 19.6. The zero-order valence-corrected chi connectivity index (χ0v) is 13.6. The number of aromatic nitrogens is 3.